The number of rotatable bonds is 6. The molecule has 1 heterocycles. The van der Waals surface area contributed by atoms with Gasteiger partial charge in [-0.25, -0.2) is 0 Å². The number of primary amides is 1. The van der Waals surface area contributed by atoms with Gasteiger partial charge in [-0.05, 0) is 70.5 Å². The van der Waals surface area contributed by atoms with Crippen LogP contribution in [0, 0.1) is 18.8 Å². The maximum absolute atomic E-state index is 11.5. The van der Waals surface area contributed by atoms with E-state index in [9.17, 15) is 4.79 Å². The molecule has 0 radical (unpaired) electrons. The van der Waals surface area contributed by atoms with Crippen LogP contribution in [0.3, 0.4) is 0 Å². The third-order valence-corrected chi connectivity index (χ3v) is 5.75. The quantitative estimate of drug-likeness (QED) is 0.857. The van der Waals surface area contributed by atoms with Gasteiger partial charge in [0.05, 0.1) is 0 Å². The lowest BCUT2D eigenvalue weighted by atomic mass is 9.74. The number of hydrogen-bond acceptors (Lipinski definition) is 4. The van der Waals surface area contributed by atoms with Gasteiger partial charge in [-0.3, -0.25) is 4.79 Å². The Morgan fingerprint density at radius 3 is 2.46 bits per heavy atom. The molecule has 1 aromatic carbocycles. The van der Waals surface area contributed by atoms with Crippen molar-refractivity contribution < 1.29 is 9.32 Å². The maximum atomic E-state index is 11.5. The molecular weight excluding hydrogens is 326 g/mol. The van der Waals surface area contributed by atoms with Gasteiger partial charge in [0.25, 0.3) is 5.91 Å². The normalized spacial score (nSPS) is 21.7. The van der Waals surface area contributed by atoms with Crippen LogP contribution in [0.2, 0.25) is 0 Å². The van der Waals surface area contributed by atoms with E-state index in [1.54, 1.807) is 0 Å². The van der Waals surface area contributed by atoms with Gasteiger partial charge in [-0.2, -0.15) is 0 Å². The second-order valence-electron chi connectivity index (χ2n) is 7.73. The molecule has 0 aliphatic heterocycles. The summed E-state index contributed by atoms with van der Waals surface area (Å²) in [6.45, 7) is 1.86. The first-order valence-corrected chi connectivity index (χ1v) is 9.43. The molecule has 1 atom stereocenters. The zero-order valence-electron chi connectivity index (χ0n) is 15.9. The number of benzene rings is 1. The molecule has 1 aliphatic carbocycles. The lowest BCUT2D eigenvalue weighted by molar-refractivity contribution is 0.0990. The second-order valence-corrected chi connectivity index (χ2v) is 7.73. The summed E-state index contributed by atoms with van der Waals surface area (Å²) in [5, 5.41) is 3.83. The predicted molar refractivity (Wildman–Crippen MR) is 102 cm³/mol. The first-order chi connectivity index (χ1) is 12.5. The minimum atomic E-state index is -0.498. The lowest BCUT2D eigenvalue weighted by Crippen LogP contribution is -2.31. The summed E-state index contributed by atoms with van der Waals surface area (Å²) in [7, 11) is 4.34. The number of nitrogens with two attached hydrogens (primary N) is 1. The summed E-state index contributed by atoms with van der Waals surface area (Å²) in [6.07, 6.45) is 5.53. The predicted octanol–water partition coefficient (Wildman–Crippen LogP) is 3.73. The average Bonchev–Trinajstić information content (AvgIpc) is 2.98. The zero-order chi connectivity index (χ0) is 18.7. The Labute approximate surface area is 155 Å². The molecule has 26 heavy (non-hydrogen) atoms. The van der Waals surface area contributed by atoms with E-state index < -0.39 is 5.91 Å². The zero-order valence-corrected chi connectivity index (χ0v) is 15.9. The van der Waals surface area contributed by atoms with E-state index in [4.69, 9.17) is 10.3 Å². The van der Waals surface area contributed by atoms with Crippen molar-refractivity contribution in [3.63, 3.8) is 0 Å². The van der Waals surface area contributed by atoms with Crippen molar-refractivity contribution in [2.75, 3.05) is 14.1 Å². The largest absolute Gasteiger partial charge is 0.364 e. The van der Waals surface area contributed by atoms with Gasteiger partial charge in [0.15, 0.2) is 5.69 Å². The highest BCUT2D eigenvalue weighted by Gasteiger charge is 2.31. The van der Waals surface area contributed by atoms with Crippen molar-refractivity contribution in [2.45, 2.75) is 45.1 Å². The van der Waals surface area contributed by atoms with Gasteiger partial charge in [0, 0.05) is 11.6 Å². The van der Waals surface area contributed by atoms with E-state index in [0.29, 0.717) is 23.6 Å². The highest BCUT2D eigenvalue weighted by Crippen LogP contribution is 2.40. The molecule has 2 N–H and O–H groups in total. The van der Waals surface area contributed by atoms with Crippen LogP contribution < -0.4 is 5.73 Å². The molecule has 3 rings (SSSR count). The SMILES string of the molecule is Cc1onc(C(N)=O)c1CC1CCC(C(c2ccccc2)N(C)C)CC1. The third kappa shape index (κ3) is 3.98. The molecule has 0 spiro atoms. The van der Waals surface area contributed by atoms with Crippen LogP contribution >= 0.6 is 0 Å². The van der Waals surface area contributed by atoms with Gasteiger partial charge >= 0.3 is 0 Å². The highest BCUT2D eigenvalue weighted by molar-refractivity contribution is 5.92. The smallest absolute Gasteiger partial charge is 0.271 e. The van der Waals surface area contributed by atoms with Crippen LogP contribution in [0.4, 0.5) is 0 Å². The van der Waals surface area contributed by atoms with Crippen molar-refractivity contribution in [3.05, 3.63) is 52.9 Å². The van der Waals surface area contributed by atoms with Crippen molar-refractivity contribution in [1.82, 2.24) is 10.1 Å². The minimum Gasteiger partial charge on any atom is -0.364 e. The minimum absolute atomic E-state index is 0.306. The van der Waals surface area contributed by atoms with E-state index in [0.717, 1.165) is 30.6 Å². The number of nitrogens with zero attached hydrogens (tertiary/aromatic N) is 2. The van der Waals surface area contributed by atoms with E-state index in [2.05, 4.69) is 54.5 Å². The van der Waals surface area contributed by atoms with Gasteiger partial charge in [0.1, 0.15) is 5.76 Å². The fraction of sp³-hybridized carbons (Fsp3) is 0.524. The summed E-state index contributed by atoms with van der Waals surface area (Å²) in [5.41, 5.74) is 8.02. The number of aromatic nitrogens is 1. The Balaban J connectivity index is 1.65. The fourth-order valence-electron chi connectivity index (χ4n) is 4.46. The van der Waals surface area contributed by atoms with Crippen LogP contribution in [-0.2, 0) is 6.42 Å². The van der Waals surface area contributed by atoms with E-state index in [1.165, 1.54) is 18.4 Å². The monoisotopic (exact) mass is 355 g/mol. The molecule has 0 bridgehead atoms. The standard InChI is InChI=1S/C21H29N3O2/c1-14-18(19(21(22)25)23-26-14)13-15-9-11-17(12-10-15)20(24(2)3)16-7-5-4-6-8-16/h4-8,15,17,20H,9-13H2,1-3H3,(H2,22,25). The van der Waals surface area contributed by atoms with Crippen molar-refractivity contribution in [3.8, 4) is 0 Å². The number of aryl methyl sites for hydroxylation is 1. The molecule has 1 amide bonds. The molecule has 1 saturated carbocycles. The van der Waals surface area contributed by atoms with Crippen LogP contribution in [0.25, 0.3) is 0 Å². The van der Waals surface area contributed by atoms with Gasteiger partial charge in [0.2, 0.25) is 0 Å². The summed E-state index contributed by atoms with van der Waals surface area (Å²) < 4.78 is 5.19. The van der Waals surface area contributed by atoms with Crippen molar-refractivity contribution in [1.29, 1.82) is 0 Å². The topological polar surface area (TPSA) is 72.4 Å². The first kappa shape index (κ1) is 18.6. The van der Waals surface area contributed by atoms with Crippen molar-refractivity contribution in [2.24, 2.45) is 17.6 Å². The number of amides is 1. The Kier molecular flexibility index (Phi) is 5.77. The Bertz CT molecular complexity index is 731. The third-order valence-electron chi connectivity index (χ3n) is 5.75. The number of carbonyl (C=O) groups is 1. The van der Waals surface area contributed by atoms with Crippen LogP contribution in [-0.4, -0.2) is 30.1 Å². The molecule has 0 saturated heterocycles. The molecule has 5 heteroatoms. The van der Waals surface area contributed by atoms with Crippen LogP contribution in [0.5, 0.6) is 0 Å². The Morgan fingerprint density at radius 2 is 1.88 bits per heavy atom. The molecule has 140 valence electrons. The van der Waals surface area contributed by atoms with E-state index in [-0.39, 0.29) is 0 Å². The molecule has 1 fully saturated rings. The summed E-state index contributed by atoms with van der Waals surface area (Å²) in [4.78, 5) is 13.9. The first-order valence-electron chi connectivity index (χ1n) is 9.43. The molecular formula is C21H29N3O2. The maximum Gasteiger partial charge on any atom is 0.271 e. The van der Waals surface area contributed by atoms with Crippen LogP contribution in [0.1, 0.15) is 59.1 Å². The fourth-order valence-corrected chi connectivity index (χ4v) is 4.46. The summed E-state index contributed by atoms with van der Waals surface area (Å²) in [5.74, 6) is 1.43. The van der Waals surface area contributed by atoms with Gasteiger partial charge in [-0.1, -0.05) is 35.5 Å². The van der Waals surface area contributed by atoms with Crippen LogP contribution in [0.15, 0.2) is 34.9 Å². The highest BCUT2D eigenvalue weighted by atomic mass is 16.5. The van der Waals surface area contributed by atoms with Gasteiger partial charge in [-0.15, -0.1) is 0 Å². The summed E-state index contributed by atoms with van der Waals surface area (Å²) in [6, 6.07) is 11.2. The molecule has 2 aromatic rings. The second kappa shape index (κ2) is 8.04. The summed E-state index contributed by atoms with van der Waals surface area (Å²) >= 11 is 0. The lowest BCUT2D eigenvalue weighted by Gasteiger charge is -2.37. The molecule has 1 aliphatic rings. The van der Waals surface area contributed by atoms with E-state index in [1.807, 2.05) is 6.92 Å². The number of carbonyl (C=O) groups excluding carboxylic acids is 1. The van der Waals surface area contributed by atoms with E-state index >= 15 is 0 Å². The Morgan fingerprint density at radius 1 is 1.23 bits per heavy atom. The van der Waals surface area contributed by atoms with Gasteiger partial charge < -0.3 is 15.2 Å². The molecule has 1 unspecified atom stereocenters. The number of hydrogen-bond donors (Lipinski definition) is 1. The average molecular weight is 355 g/mol. The Hall–Kier alpha value is -2.14. The molecule has 1 aromatic heterocycles. The van der Waals surface area contributed by atoms with Crippen molar-refractivity contribution >= 4 is 5.91 Å². The molecule has 5 nitrogen and oxygen atoms in total.